The molecule has 1 fully saturated rings. The van der Waals surface area contributed by atoms with Crippen molar-refractivity contribution in [2.24, 2.45) is 5.92 Å². The van der Waals surface area contributed by atoms with Crippen LogP contribution in [0.4, 0.5) is 21.0 Å². The Labute approximate surface area is 137 Å². The van der Waals surface area contributed by atoms with Gasteiger partial charge in [-0.2, -0.15) is 0 Å². The first-order chi connectivity index (χ1) is 11.1. The number of anilines is 2. The van der Waals surface area contributed by atoms with Gasteiger partial charge in [0.25, 0.3) is 0 Å². The minimum absolute atomic E-state index is 0.185. The van der Waals surface area contributed by atoms with Crippen molar-refractivity contribution in [1.82, 2.24) is 5.32 Å². The molecule has 0 saturated heterocycles. The average molecular weight is 319 g/mol. The largest absolute Gasteiger partial charge is 0.450 e. The second-order valence-electron chi connectivity index (χ2n) is 5.89. The molecule has 2 atom stereocenters. The van der Waals surface area contributed by atoms with E-state index in [1.807, 2.05) is 0 Å². The van der Waals surface area contributed by atoms with Gasteiger partial charge in [-0.3, -0.25) is 5.32 Å². The molecule has 0 spiro atoms. The third-order valence-electron chi connectivity index (χ3n) is 4.09. The molecule has 1 aliphatic carbocycles. The first-order valence-corrected chi connectivity index (χ1v) is 8.20. The number of carbonyl (C=O) groups is 2. The van der Waals surface area contributed by atoms with Gasteiger partial charge >= 0.3 is 12.1 Å². The summed E-state index contributed by atoms with van der Waals surface area (Å²) in [5.41, 5.74) is 1.30. The molecular weight excluding hydrogens is 294 g/mol. The highest BCUT2D eigenvalue weighted by Crippen LogP contribution is 2.23. The smallest absolute Gasteiger partial charge is 0.411 e. The molecule has 126 valence electrons. The van der Waals surface area contributed by atoms with Gasteiger partial charge < -0.3 is 15.4 Å². The lowest BCUT2D eigenvalue weighted by Gasteiger charge is -2.29. The fourth-order valence-electron chi connectivity index (χ4n) is 2.79. The summed E-state index contributed by atoms with van der Waals surface area (Å²) >= 11 is 0. The Morgan fingerprint density at radius 3 is 2.30 bits per heavy atom. The summed E-state index contributed by atoms with van der Waals surface area (Å²) in [5.74, 6) is 0.519. The van der Waals surface area contributed by atoms with E-state index in [0.29, 0.717) is 23.9 Å². The quantitative estimate of drug-likeness (QED) is 0.786. The van der Waals surface area contributed by atoms with Crippen LogP contribution in [-0.4, -0.2) is 24.8 Å². The molecule has 1 saturated carbocycles. The molecule has 3 N–H and O–H groups in total. The van der Waals surface area contributed by atoms with Crippen LogP contribution in [0.5, 0.6) is 0 Å². The SMILES string of the molecule is CCOC(=O)Nc1ccc(NC(=O)NC2CCCCC2C)cc1. The Balaban J connectivity index is 1.82. The minimum Gasteiger partial charge on any atom is -0.450 e. The number of urea groups is 1. The number of hydrogen-bond donors (Lipinski definition) is 3. The first kappa shape index (κ1) is 17.1. The topological polar surface area (TPSA) is 79.5 Å². The standard InChI is InChI=1S/C17H25N3O3/c1-3-23-17(22)19-14-10-8-13(9-11-14)18-16(21)20-15-7-5-4-6-12(15)2/h8-12,15H,3-7H2,1-2H3,(H,19,22)(H2,18,20,21). The van der Waals surface area contributed by atoms with E-state index in [2.05, 4.69) is 22.9 Å². The summed E-state index contributed by atoms with van der Waals surface area (Å²) in [7, 11) is 0. The molecule has 0 bridgehead atoms. The lowest BCUT2D eigenvalue weighted by Crippen LogP contribution is -2.43. The number of ether oxygens (including phenoxy) is 1. The molecule has 6 nitrogen and oxygen atoms in total. The first-order valence-electron chi connectivity index (χ1n) is 8.20. The highest BCUT2D eigenvalue weighted by molar-refractivity contribution is 5.90. The van der Waals surface area contributed by atoms with Crippen LogP contribution < -0.4 is 16.0 Å². The van der Waals surface area contributed by atoms with Crippen LogP contribution in [0, 0.1) is 5.92 Å². The zero-order chi connectivity index (χ0) is 16.7. The van der Waals surface area contributed by atoms with E-state index >= 15 is 0 Å². The van der Waals surface area contributed by atoms with Crippen molar-refractivity contribution in [2.75, 3.05) is 17.2 Å². The van der Waals surface area contributed by atoms with Crippen molar-refractivity contribution in [2.45, 2.75) is 45.6 Å². The Morgan fingerprint density at radius 1 is 1.09 bits per heavy atom. The molecule has 1 aromatic carbocycles. The van der Waals surface area contributed by atoms with Crippen LogP contribution in [0.25, 0.3) is 0 Å². The van der Waals surface area contributed by atoms with E-state index in [9.17, 15) is 9.59 Å². The highest BCUT2D eigenvalue weighted by Gasteiger charge is 2.22. The van der Waals surface area contributed by atoms with E-state index in [0.717, 1.165) is 6.42 Å². The average Bonchev–Trinajstić information content (AvgIpc) is 2.52. The third-order valence-corrected chi connectivity index (χ3v) is 4.09. The number of rotatable bonds is 4. The Hall–Kier alpha value is -2.24. The molecule has 1 aliphatic rings. The Morgan fingerprint density at radius 2 is 1.70 bits per heavy atom. The van der Waals surface area contributed by atoms with E-state index in [-0.39, 0.29) is 12.1 Å². The van der Waals surface area contributed by atoms with Gasteiger partial charge in [-0.05, 0) is 49.9 Å². The maximum absolute atomic E-state index is 12.1. The zero-order valence-electron chi connectivity index (χ0n) is 13.7. The summed E-state index contributed by atoms with van der Waals surface area (Å²) in [6.07, 6.45) is 4.13. The molecule has 0 radical (unpaired) electrons. The summed E-state index contributed by atoms with van der Waals surface area (Å²) < 4.78 is 4.81. The van der Waals surface area contributed by atoms with E-state index in [4.69, 9.17) is 4.74 Å². The van der Waals surface area contributed by atoms with Crippen molar-refractivity contribution in [1.29, 1.82) is 0 Å². The van der Waals surface area contributed by atoms with Gasteiger partial charge in [0, 0.05) is 17.4 Å². The monoisotopic (exact) mass is 319 g/mol. The zero-order valence-corrected chi connectivity index (χ0v) is 13.7. The Bertz CT molecular complexity index is 530. The fourth-order valence-corrected chi connectivity index (χ4v) is 2.79. The van der Waals surface area contributed by atoms with Crippen LogP contribution in [0.1, 0.15) is 39.5 Å². The van der Waals surface area contributed by atoms with E-state index < -0.39 is 6.09 Å². The normalized spacial score (nSPS) is 20.4. The van der Waals surface area contributed by atoms with Crippen LogP contribution in [-0.2, 0) is 4.74 Å². The number of hydrogen-bond acceptors (Lipinski definition) is 3. The van der Waals surface area contributed by atoms with Crippen molar-refractivity contribution >= 4 is 23.5 Å². The number of amides is 3. The molecule has 3 amide bonds. The van der Waals surface area contributed by atoms with E-state index in [1.165, 1.54) is 19.3 Å². The van der Waals surface area contributed by atoms with Gasteiger partial charge in [-0.25, -0.2) is 9.59 Å². The molecular formula is C17H25N3O3. The number of carbonyl (C=O) groups excluding carboxylic acids is 2. The third kappa shape index (κ3) is 5.47. The summed E-state index contributed by atoms with van der Waals surface area (Å²) in [5, 5.41) is 8.47. The van der Waals surface area contributed by atoms with Crippen molar-refractivity contribution < 1.29 is 14.3 Å². The maximum atomic E-state index is 12.1. The maximum Gasteiger partial charge on any atom is 0.411 e. The molecule has 0 aliphatic heterocycles. The second kappa shape index (κ2) is 8.41. The predicted octanol–water partition coefficient (Wildman–Crippen LogP) is 3.96. The van der Waals surface area contributed by atoms with Crippen LogP contribution >= 0.6 is 0 Å². The van der Waals surface area contributed by atoms with Crippen LogP contribution in [0.3, 0.4) is 0 Å². The van der Waals surface area contributed by atoms with Crippen LogP contribution in [0.2, 0.25) is 0 Å². The Kier molecular flexibility index (Phi) is 6.26. The molecule has 6 heteroatoms. The van der Waals surface area contributed by atoms with E-state index in [1.54, 1.807) is 31.2 Å². The van der Waals surface area contributed by atoms with Crippen molar-refractivity contribution in [3.05, 3.63) is 24.3 Å². The van der Waals surface area contributed by atoms with Crippen molar-refractivity contribution in [3.8, 4) is 0 Å². The number of benzene rings is 1. The molecule has 2 unspecified atom stereocenters. The predicted molar refractivity (Wildman–Crippen MR) is 90.7 cm³/mol. The highest BCUT2D eigenvalue weighted by atomic mass is 16.5. The molecule has 1 aromatic rings. The molecule has 2 rings (SSSR count). The minimum atomic E-state index is -0.489. The molecule has 23 heavy (non-hydrogen) atoms. The van der Waals surface area contributed by atoms with Crippen LogP contribution in [0.15, 0.2) is 24.3 Å². The van der Waals surface area contributed by atoms with Gasteiger partial charge in [0.2, 0.25) is 0 Å². The van der Waals surface area contributed by atoms with Gasteiger partial charge in [0.05, 0.1) is 6.61 Å². The summed E-state index contributed by atoms with van der Waals surface area (Å²) in [6, 6.07) is 6.98. The second-order valence-corrected chi connectivity index (χ2v) is 5.89. The van der Waals surface area contributed by atoms with Gasteiger partial charge in [0.1, 0.15) is 0 Å². The molecule has 0 aromatic heterocycles. The summed E-state index contributed by atoms with van der Waals surface area (Å²) in [4.78, 5) is 23.4. The fraction of sp³-hybridized carbons (Fsp3) is 0.529. The lowest BCUT2D eigenvalue weighted by atomic mass is 9.86. The lowest BCUT2D eigenvalue weighted by molar-refractivity contribution is 0.168. The summed E-state index contributed by atoms with van der Waals surface area (Å²) in [6.45, 7) is 4.25. The van der Waals surface area contributed by atoms with Gasteiger partial charge in [-0.1, -0.05) is 19.8 Å². The van der Waals surface area contributed by atoms with Crippen molar-refractivity contribution in [3.63, 3.8) is 0 Å². The van der Waals surface area contributed by atoms with Gasteiger partial charge in [0.15, 0.2) is 0 Å². The van der Waals surface area contributed by atoms with Gasteiger partial charge in [-0.15, -0.1) is 0 Å². The molecule has 0 heterocycles. The number of nitrogens with one attached hydrogen (secondary N) is 3.